The van der Waals surface area contributed by atoms with Gasteiger partial charge in [0.15, 0.2) is 0 Å². The molecule has 106 valence electrons. The fourth-order valence-corrected chi connectivity index (χ4v) is 3.14. The van der Waals surface area contributed by atoms with E-state index in [0.29, 0.717) is 29.5 Å². The van der Waals surface area contributed by atoms with Gasteiger partial charge >= 0.3 is 0 Å². The van der Waals surface area contributed by atoms with Crippen LogP contribution in [0.1, 0.15) is 22.8 Å². The number of nitrogens with two attached hydrogens (primary N) is 1. The van der Waals surface area contributed by atoms with Crippen LogP contribution in [0.5, 0.6) is 0 Å². The molecular formula is C15H17FN2OS. The van der Waals surface area contributed by atoms with Gasteiger partial charge in [-0.05, 0) is 18.2 Å². The van der Waals surface area contributed by atoms with Gasteiger partial charge < -0.3 is 10.6 Å². The highest BCUT2D eigenvalue weighted by Crippen LogP contribution is 2.21. The number of carbonyl (C=O) groups is 1. The Kier molecular flexibility index (Phi) is 5.05. The third-order valence-electron chi connectivity index (χ3n) is 3.07. The standard InChI is InChI=1S/C15H17FN2OS/c1-11-10-18(7-8-20-11)15(19)14-9-13(16)5-4-12(14)3-2-6-17/h4-5,9,11H,6-8,10,17H2,1H3. The first-order valence-electron chi connectivity index (χ1n) is 6.51. The number of rotatable bonds is 1. The molecule has 0 radical (unpaired) electrons. The summed E-state index contributed by atoms with van der Waals surface area (Å²) in [6.45, 7) is 3.67. The minimum absolute atomic E-state index is 0.155. The van der Waals surface area contributed by atoms with Gasteiger partial charge in [-0.25, -0.2) is 4.39 Å². The van der Waals surface area contributed by atoms with E-state index in [1.165, 1.54) is 18.2 Å². The number of nitrogens with zero attached hydrogens (tertiary/aromatic N) is 1. The lowest BCUT2D eigenvalue weighted by molar-refractivity contribution is 0.0762. The maximum absolute atomic E-state index is 13.4. The van der Waals surface area contributed by atoms with Crippen LogP contribution < -0.4 is 5.73 Å². The summed E-state index contributed by atoms with van der Waals surface area (Å²) in [5.41, 5.74) is 6.21. The maximum Gasteiger partial charge on any atom is 0.255 e. The van der Waals surface area contributed by atoms with E-state index in [-0.39, 0.29) is 12.5 Å². The summed E-state index contributed by atoms with van der Waals surface area (Å²) in [5, 5.41) is 0.403. The van der Waals surface area contributed by atoms with Crippen molar-refractivity contribution in [1.29, 1.82) is 0 Å². The average Bonchev–Trinajstić information content (AvgIpc) is 2.45. The quantitative estimate of drug-likeness (QED) is 0.802. The van der Waals surface area contributed by atoms with Gasteiger partial charge in [0.25, 0.3) is 5.91 Å². The maximum atomic E-state index is 13.4. The van der Waals surface area contributed by atoms with Crippen molar-refractivity contribution in [2.75, 3.05) is 25.4 Å². The molecule has 1 unspecified atom stereocenters. The van der Waals surface area contributed by atoms with E-state index in [9.17, 15) is 9.18 Å². The molecule has 1 aliphatic heterocycles. The van der Waals surface area contributed by atoms with E-state index in [4.69, 9.17) is 5.73 Å². The van der Waals surface area contributed by atoms with E-state index in [2.05, 4.69) is 18.8 Å². The molecule has 0 aliphatic carbocycles. The Hall–Kier alpha value is -1.51. The predicted octanol–water partition coefficient (Wildman–Crippen LogP) is 1.71. The topological polar surface area (TPSA) is 46.3 Å². The minimum atomic E-state index is -0.425. The van der Waals surface area contributed by atoms with E-state index in [0.717, 1.165) is 5.75 Å². The predicted molar refractivity (Wildman–Crippen MR) is 80.2 cm³/mol. The lowest BCUT2D eigenvalue weighted by atomic mass is 10.1. The van der Waals surface area contributed by atoms with Crippen LogP contribution in [-0.4, -0.2) is 41.4 Å². The Labute approximate surface area is 122 Å². The molecule has 1 heterocycles. The molecule has 3 nitrogen and oxygen atoms in total. The van der Waals surface area contributed by atoms with Gasteiger partial charge in [-0.15, -0.1) is 0 Å². The molecule has 5 heteroatoms. The third-order valence-corrected chi connectivity index (χ3v) is 4.20. The SMILES string of the molecule is CC1CN(C(=O)c2cc(F)ccc2C#CCN)CCS1. The van der Waals surface area contributed by atoms with Crippen LogP contribution in [0.2, 0.25) is 0 Å². The lowest BCUT2D eigenvalue weighted by Gasteiger charge is -2.30. The van der Waals surface area contributed by atoms with E-state index in [1.54, 1.807) is 4.90 Å². The Morgan fingerprint density at radius 2 is 2.40 bits per heavy atom. The second-order valence-corrected chi connectivity index (χ2v) is 6.17. The highest BCUT2D eigenvalue weighted by atomic mass is 32.2. The van der Waals surface area contributed by atoms with Gasteiger partial charge in [-0.2, -0.15) is 11.8 Å². The van der Waals surface area contributed by atoms with Crippen molar-refractivity contribution in [2.24, 2.45) is 5.73 Å². The number of amides is 1. The highest BCUT2D eigenvalue weighted by molar-refractivity contribution is 7.99. The average molecular weight is 292 g/mol. The summed E-state index contributed by atoms with van der Waals surface area (Å²) >= 11 is 1.84. The van der Waals surface area contributed by atoms with Gasteiger partial charge in [0.1, 0.15) is 5.82 Å². The number of benzene rings is 1. The summed E-state index contributed by atoms with van der Waals surface area (Å²) in [7, 11) is 0. The molecule has 0 bridgehead atoms. The molecule has 0 spiro atoms. The van der Waals surface area contributed by atoms with Crippen LogP contribution in [0.25, 0.3) is 0 Å². The Bertz CT molecular complexity index is 565. The number of hydrogen-bond acceptors (Lipinski definition) is 3. The molecule has 1 aliphatic rings. The summed E-state index contributed by atoms with van der Waals surface area (Å²) in [4.78, 5) is 14.3. The Balaban J connectivity index is 2.30. The van der Waals surface area contributed by atoms with E-state index >= 15 is 0 Å². The van der Waals surface area contributed by atoms with Crippen molar-refractivity contribution in [3.63, 3.8) is 0 Å². The second-order valence-electron chi connectivity index (χ2n) is 4.63. The van der Waals surface area contributed by atoms with Crippen molar-refractivity contribution in [2.45, 2.75) is 12.2 Å². The molecule has 0 aromatic heterocycles. The number of halogens is 1. The van der Waals surface area contributed by atoms with E-state index in [1.807, 2.05) is 11.8 Å². The normalized spacial score (nSPS) is 18.4. The van der Waals surface area contributed by atoms with E-state index < -0.39 is 5.82 Å². The number of carbonyl (C=O) groups excluding carboxylic acids is 1. The monoisotopic (exact) mass is 292 g/mol. The first-order chi connectivity index (χ1) is 9.61. The highest BCUT2D eigenvalue weighted by Gasteiger charge is 2.24. The second kappa shape index (κ2) is 6.78. The molecule has 1 fully saturated rings. The molecule has 20 heavy (non-hydrogen) atoms. The van der Waals surface area contributed by atoms with Crippen molar-refractivity contribution in [1.82, 2.24) is 4.90 Å². The molecule has 1 aromatic rings. The summed E-state index contributed by atoms with van der Waals surface area (Å²) in [5.74, 6) is 5.88. The minimum Gasteiger partial charge on any atom is -0.337 e. The van der Waals surface area contributed by atoms with Gasteiger partial charge in [0.2, 0.25) is 0 Å². The number of thioether (sulfide) groups is 1. The van der Waals surface area contributed by atoms with Crippen LogP contribution in [-0.2, 0) is 0 Å². The summed E-state index contributed by atoms with van der Waals surface area (Å²) in [6, 6.07) is 4.11. The molecule has 2 rings (SSSR count). The van der Waals surface area contributed by atoms with Crippen molar-refractivity contribution < 1.29 is 9.18 Å². The zero-order chi connectivity index (χ0) is 14.5. The molecule has 0 saturated carbocycles. The largest absolute Gasteiger partial charge is 0.337 e. The van der Waals surface area contributed by atoms with Crippen LogP contribution >= 0.6 is 11.8 Å². The van der Waals surface area contributed by atoms with Crippen LogP contribution in [0.15, 0.2) is 18.2 Å². The summed E-state index contributed by atoms with van der Waals surface area (Å²) < 4.78 is 13.4. The Morgan fingerprint density at radius 1 is 1.60 bits per heavy atom. The lowest BCUT2D eigenvalue weighted by Crippen LogP contribution is -2.41. The molecular weight excluding hydrogens is 275 g/mol. The van der Waals surface area contributed by atoms with Gasteiger partial charge in [0.05, 0.1) is 12.1 Å². The molecule has 1 saturated heterocycles. The fraction of sp³-hybridized carbons (Fsp3) is 0.400. The van der Waals surface area contributed by atoms with Gasteiger partial charge in [0, 0.05) is 29.7 Å². The van der Waals surface area contributed by atoms with Gasteiger partial charge in [-0.3, -0.25) is 4.79 Å². The van der Waals surface area contributed by atoms with Gasteiger partial charge in [-0.1, -0.05) is 18.8 Å². The molecule has 2 N–H and O–H groups in total. The molecule has 1 aromatic carbocycles. The Morgan fingerprint density at radius 3 is 3.10 bits per heavy atom. The number of hydrogen-bond donors (Lipinski definition) is 1. The third kappa shape index (κ3) is 3.53. The zero-order valence-corrected chi connectivity index (χ0v) is 12.2. The van der Waals surface area contributed by atoms with Crippen LogP contribution in [0.4, 0.5) is 4.39 Å². The van der Waals surface area contributed by atoms with Crippen molar-refractivity contribution >= 4 is 17.7 Å². The molecule has 1 amide bonds. The van der Waals surface area contributed by atoms with Crippen molar-refractivity contribution in [3.05, 3.63) is 35.1 Å². The van der Waals surface area contributed by atoms with Crippen LogP contribution in [0, 0.1) is 17.7 Å². The first-order valence-corrected chi connectivity index (χ1v) is 7.56. The summed E-state index contributed by atoms with van der Waals surface area (Å²) in [6.07, 6.45) is 0. The van der Waals surface area contributed by atoms with Crippen molar-refractivity contribution in [3.8, 4) is 11.8 Å². The first kappa shape index (κ1) is 14.9. The fourth-order valence-electron chi connectivity index (χ4n) is 2.12. The van der Waals surface area contributed by atoms with Crippen LogP contribution in [0.3, 0.4) is 0 Å². The molecule has 1 atom stereocenters. The smallest absolute Gasteiger partial charge is 0.255 e. The zero-order valence-electron chi connectivity index (χ0n) is 11.4.